The summed E-state index contributed by atoms with van der Waals surface area (Å²) in [7, 11) is 0. The van der Waals surface area contributed by atoms with Gasteiger partial charge in [0, 0.05) is 5.92 Å². The van der Waals surface area contributed by atoms with E-state index in [2.05, 4.69) is 17.4 Å². The number of hydrogen-bond donors (Lipinski definition) is 2. The molecule has 0 aromatic heterocycles. The maximum atomic E-state index is 11.7. The lowest BCUT2D eigenvalue weighted by Gasteiger charge is -2.14. The van der Waals surface area contributed by atoms with Crippen LogP contribution in [-0.4, -0.2) is 23.0 Å². The van der Waals surface area contributed by atoms with Crippen molar-refractivity contribution in [2.75, 3.05) is 0 Å². The van der Waals surface area contributed by atoms with Crippen LogP contribution in [0.4, 0.5) is 0 Å². The van der Waals surface area contributed by atoms with Crippen molar-refractivity contribution in [3.05, 3.63) is 35.9 Å². The molecule has 2 N–H and O–H groups in total. The van der Waals surface area contributed by atoms with Gasteiger partial charge >= 0.3 is 5.97 Å². The Labute approximate surface area is 113 Å². The number of aryl methyl sites for hydroxylation is 1. The van der Waals surface area contributed by atoms with Gasteiger partial charge in [0.2, 0.25) is 5.91 Å². The molecular weight excluding hydrogens is 242 g/mol. The maximum absolute atomic E-state index is 11.7. The lowest BCUT2D eigenvalue weighted by molar-refractivity contribution is -0.141. The third-order valence-corrected chi connectivity index (χ3v) is 3.12. The predicted octanol–water partition coefficient (Wildman–Crippen LogP) is 2.23. The summed E-state index contributed by atoms with van der Waals surface area (Å²) in [5, 5.41) is 11.2. The Balaban J connectivity index is 2.29. The summed E-state index contributed by atoms with van der Waals surface area (Å²) in [6.07, 6.45) is 2.61. The van der Waals surface area contributed by atoms with E-state index < -0.39 is 12.0 Å². The van der Waals surface area contributed by atoms with Gasteiger partial charge in [-0.05, 0) is 31.7 Å². The lowest BCUT2D eigenvalue weighted by atomic mass is 10.00. The first-order chi connectivity index (χ1) is 9.00. The molecule has 0 saturated carbocycles. The standard InChI is InChI=1S/C15H21NO3/c1-11(14(17)16-12(2)15(18)19)7-6-10-13-8-4-3-5-9-13/h3-5,8-9,11-12H,6-7,10H2,1-2H3,(H,16,17)(H,18,19)/t11?,12-/m0/s1. The van der Waals surface area contributed by atoms with Crippen LogP contribution in [0.2, 0.25) is 0 Å². The molecule has 0 heterocycles. The summed E-state index contributed by atoms with van der Waals surface area (Å²) in [4.78, 5) is 22.4. The van der Waals surface area contributed by atoms with Crippen LogP contribution >= 0.6 is 0 Å². The molecule has 0 spiro atoms. The van der Waals surface area contributed by atoms with Crippen molar-refractivity contribution in [1.29, 1.82) is 0 Å². The van der Waals surface area contributed by atoms with Gasteiger partial charge in [-0.25, -0.2) is 0 Å². The van der Waals surface area contributed by atoms with Crippen LogP contribution in [0.15, 0.2) is 30.3 Å². The summed E-state index contributed by atoms with van der Waals surface area (Å²) >= 11 is 0. The zero-order valence-corrected chi connectivity index (χ0v) is 11.4. The molecule has 1 unspecified atom stereocenters. The van der Waals surface area contributed by atoms with E-state index in [4.69, 9.17) is 5.11 Å². The van der Waals surface area contributed by atoms with E-state index in [-0.39, 0.29) is 11.8 Å². The molecule has 0 bridgehead atoms. The summed E-state index contributed by atoms with van der Waals surface area (Å²) in [5.74, 6) is -1.36. The van der Waals surface area contributed by atoms with E-state index in [0.29, 0.717) is 0 Å². The summed E-state index contributed by atoms with van der Waals surface area (Å²) in [6.45, 7) is 3.30. The quantitative estimate of drug-likeness (QED) is 0.792. The SMILES string of the molecule is CC(CCCc1ccccc1)C(=O)N[C@@H](C)C(=O)O. The molecule has 0 aliphatic carbocycles. The molecule has 1 rings (SSSR count). The highest BCUT2D eigenvalue weighted by molar-refractivity contribution is 5.84. The van der Waals surface area contributed by atoms with E-state index in [1.165, 1.54) is 12.5 Å². The number of carboxylic acids is 1. The minimum atomic E-state index is -1.01. The molecule has 0 saturated heterocycles. The van der Waals surface area contributed by atoms with Gasteiger partial charge in [-0.2, -0.15) is 0 Å². The fourth-order valence-electron chi connectivity index (χ4n) is 1.81. The second-order valence-corrected chi connectivity index (χ2v) is 4.85. The smallest absolute Gasteiger partial charge is 0.325 e. The van der Waals surface area contributed by atoms with Crippen LogP contribution in [0.5, 0.6) is 0 Å². The molecule has 0 aliphatic heterocycles. The maximum Gasteiger partial charge on any atom is 0.325 e. The average Bonchev–Trinajstić information content (AvgIpc) is 2.39. The molecule has 2 atom stereocenters. The fourth-order valence-corrected chi connectivity index (χ4v) is 1.81. The van der Waals surface area contributed by atoms with Gasteiger partial charge < -0.3 is 10.4 Å². The number of carbonyl (C=O) groups excluding carboxylic acids is 1. The highest BCUT2D eigenvalue weighted by atomic mass is 16.4. The van der Waals surface area contributed by atoms with Gasteiger partial charge in [0.1, 0.15) is 6.04 Å². The van der Waals surface area contributed by atoms with E-state index in [9.17, 15) is 9.59 Å². The third-order valence-electron chi connectivity index (χ3n) is 3.12. The Morgan fingerprint density at radius 1 is 1.21 bits per heavy atom. The van der Waals surface area contributed by atoms with Crippen LogP contribution in [0, 0.1) is 5.92 Å². The molecule has 1 aromatic rings. The minimum Gasteiger partial charge on any atom is -0.480 e. The third kappa shape index (κ3) is 5.55. The van der Waals surface area contributed by atoms with E-state index >= 15 is 0 Å². The van der Waals surface area contributed by atoms with E-state index in [1.54, 1.807) is 0 Å². The van der Waals surface area contributed by atoms with Crippen LogP contribution < -0.4 is 5.32 Å². The van der Waals surface area contributed by atoms with Crippen LogP contribution in [0.3, 0.4) is 0 Å². The molecule has 0 radical (unpaired) electrons. The average molecular weight is 263 g/mol. The number of benzene rings is 1. The van der Waals surface area contributed by atoms with Gasteiger partial charge in [0.15, 0.2) is 0 Å². The van der Waals surface area contributed by atoms with Gasteiger partial charge in [0.05, 0.1) is 0 Å². The molecule has 1 aromatic carbocycles. The highest BCUT2D eigenvalue weighted by Gasteiger charge is 2.18. The Hall–Kier alpha value is -1.84. The van der Waals surface area contributed by atoms with Gasteiger partial charge in [-0.3, -0.25) is 9.59 Å². The van der Waals surface area contributed by atoms with Crippen molar-refractivity contribution >= 4 is 11.9 Å². The predicted molar refractivity (Wildman–Crippen MR) is 73.8 cm³/mol. The second-order valence-electron chi connectivity index (χ2n) is 4.85. The number of carbonyl (C=O) groups is 2. The summed E-state index contributed by atoms with van der Waals surface area (Å²) in [5.41, 5.74) is 1.26. The van der Waals surface area contributed by atoms with Gasteiger partial charge in [0.25, 0.3) is 0 Å². The number of aliphatic carboxylic acids is 1. The molecule has 0 aliphatic rings. The normalized spacial score (nSPS) is 13.6. The first kappa shape index (κ1) is 15.2. The van der Waals surface area contributed by atoms with Crippen LogP contribution in [-0.2, 0) is 16.0 Å². The summed E-state index contributed by atoms with van der Waals surface area (Å²) < 4.78 is 0. The number of nitrogens with one attached hydrogen (secondary N) is 1. The van der Waals surface area contributed by atoms with Gasteiger partial charge in [-0.15, -0.1) is 0 Å². The number of carboxylic acid groups (broad SMARTS) is 1. The Morgan fingerprint density at radius 3 is 2.42 bits per heavy atom. The van der Waals surface area contributed by atoms with Crippen molar-refractivity contribution < 1.29 is 14.7 Å². The number of hydrogen-bond acceptors (Lipinski definition) is 2. The Kier molecular flexibility index (Phi) is 6.06. The molecule has 4 heteroatoms. The summed E-state index contributed by atoms with van der Waals surface area (Å²) in [6, 6.07) is 9.28. The first-order valence-electron chi connectivity index (χ1n) is 6.58. The molecule has 0 fully saturated rings. The van der Waals surface area contributed by atoms with Crippen molar-refractivity contribution in [2.45, 2.75) is 39.2 Å². The molecular formula is C15H21NO3. The molecule has 104 valence electrons. The zero-order chi connectivity index (χ0) is 14.3. The molecule has 4 nitrogen and oxygen atoms in total. The van der Waals surface area contributed by atoms with Gasteiger partial charge in [-0.1, -0.05) is 37.3 Å². The Bertz CT molecular complexity index is 417. The van der Waals surface area contributed by atoms with E-state index in [1.807, 2.05) is 25.1 Å². The first-order valence-corrected chi connectivity index (χ1v) is 6.58. The number of rotatable bonds is 7. The fraction of sp³-hybridized carbons (Fsp3) is 0.467. The molecule has 1 amide bonds. The second kappa shape index (κ2) is 7.56. The van der Waals surface area contributed by atoms with Crippen molar-refractivity contribution in [3.8, 4) is 0 Å². The number of amides is 1. The highest BCUT2D eigenvalue weighted by Crippen LogP contribution is 2.10. The topological polar surface area (TPSA) is 66.4 Å². The Morgan fingerprint density at radius 2 is 1.84 bits per heavy atom. The largest absolute Gasteiger partial charge is 0.480 e. The van der Waals surface area contributed by atoms with Crippen LogP contribution in [0.25, 0.3) is 0 Å². The van der Waals surface area contributed by atoms with Crippen molar-refractivity contribution in [3.63, 3.8) is 0 Å². The zero-order valence-electron chi connectivity index (χ0n) is 11.4. The van der Waals surface area contributed by atoms with E-state index in [0.717, 1.165) is 19.3 Å². The van der Waals surface area contributed by atoms with Crippen molar-refractivity contribution in [1.82, 2.24) is 5.32 Å². The monoisotopic (exact) mass is 263 g/mol. The van der Waals surface area contributed by atoms with Crippen molar-refractivity contribution in [2.24, 2.45) is 5.92 Å². The van der Waals surface area contributed by atoms with Crippen LogP contribution in [0.1, 0.15) is 32.3 Å². The molecule has 19 heavy (non-hydrogen) atoms. The lowest BCUT2D eigenvalue weighted by Crippen LogP contribution is -2.41. The minimum absolute atomic E-state index is 0.162.